The molecular formula is C22H23N5O2. The summed E-state index contributed by atoms with van der Waals surface area (Å²) in [6.07, 6.45) is 0. The molecule has 0 saturated heterocycles. The maximum atomic E-state index is 10.1. The van der Waals surface area contributed by atoms with Crippen molar-refractivity contribution in [2.75, 3.05) is 0 Å². The maximum absolute atomic E-state index is 10.1. The van der Waals surface area contributed by atoms with E-state index in [0.717, 1.165) is 16.7 Å². The van der Waals surface area contributed by atoms with Crippen molar-refractivity contribution in [1.29, 1.82) is 5.41 Å². The predicted octanol–water partition coefficient (Wildman–Crippen LogP) is 3.55. The number of hydrogen-bond acceptors (Lipinski definition) is 6. The lowest BCUT2D eigenvalue weighted by Crippen LogP contribution is -2.15. The number of nitrogens with one attached hydrogen (secondary N) is 2. The zero-order valence-corrected chi connectivity index (χ0v) is 16.6. The van der Waals surface area contributed by atoms with Crippen LogP contribution in [0.3, 0.4) is 0 Å². The largest absolute Gasteiger partial charge is 0.417 e. The van der Waals surface area contributed by atoms with Crippen LogP contribution in [-0.4, -0.2) is 29.3 Å². The Morgan fingerprint density at radius 1 is 1.14 bits per heavy atom. The molecule has 2 aromatic rings. The summed E-state index contributed by atoms with van der Waals surface area (Å²) in [6.45, 7) is 8.71. The van der Waals surface area contributed by atoms with Crippen molar-refractivity contribution in [2.45, 2.75) is 26.4 Å². The molecule has 0 spiro atoms. The van der Waals surface area contributed by atoms with Gasteiger partial charge in [0.1, 0.15) is 0 Å². The van der Waals surface area contributed by atoms with Crippen molar-refractivity contribution in [3.05, 3.63) is 82.9 Å². The van der Waals surface area contributed by atoms with Crippen LogP contribution in [0, 0.1) is 5.41 Å². The first-order chi connectivity index (χ1) is 13.8. The van der Waals surface area contributed by atoms with Crippen molar-refractivity contribution in [2.24, 2.45) is 15.1 Å². The van der Waals surface area contributed by atoms with Gasteiger partial charge in [0.2, 0.25) is 11.8 Å². The van der Waals surface area contributed by atoms with Crippen molar-refractivity contribution >= 4 is 24.2 Å². The van der Waals surface area contributed by atoms with E-state index in [1.165, 1.54) is 0 Å². The SMILES string of the molecule is C=NC(=N)C(N=C(C)c1ccc(C(C)(C)O)cc1)=C1NN=C(c2ccccc2)O1. The van der Waals surface area contributed by atoms with Gasteiger partial charge in [-0.1, -0.05) is 42.5 Å². The van der Waals surface area contributed by atoms with Gasteiger partial charge in [0.25, 0.3) is 0 Å². The number of aliphatic imine (C=N–C) groups is 2. The zero-order valence-electron chi connectivity index (χ0n) is 16.6. The summed E-state index contributed by atoms with van der Waals surface area (Å²) in [4.78, 5) is 8.22. The van der Waals surface area contributed by atoms with Crippen LogP contribution in [-0.2, 0) is 10.3 Å². The minimum absolute atomic E-state index is 0.135. The summed E-state index contributed by atoms with van der Waals surface area (Å²) in [7, 11) is 0. The van der Waals surface area contributed by atoms with Crippen LogP contribution < -0.4 is 5.43 Å². The van der Waals surface area contributed by atoms with Crippen molar-refractivity contribution in [3.63, 3.8) is 0 Å². The molecule has 7 heteroatoms. The first kappa shape index (κ1) is 20.2. The lowest BCUT2D eigenvalue weighted by Gasteiger charge is -2.17. The lowest BCUT2D eigenvalue weighted by molar-refractivity contribution is 0.0786. The van der Waals surface area contributed by atoms with Crippen LogP contribution in [0.15, 0.2) is 81.3 Å². The molecule has 29 heavy (non-hydrogen) atoms. The van der Waals surface area contributed by atoms with Gasteiger partial charge in [-0.15, -0.1) is 5.10 Å². The van der Waals surface area contributed by atoms with Gasteiger partial charge in [-0.2, -0.15) is 0 Å². The monoisotopic (exact) mass is 389 g/mol. The number of nitrogens with zero attached hydrogens (tertiary/aromatic N) is 3. The van der Waals surface area contributed by atoms with Crippen LogP contribution in [0.25, 0.3) is 0 Å². The number of ether oxygens (including phenoxy) is 1. The third kappa shape index (κ3) is 4.64. The molecule has 0 bridgehead atoms. The molecule has 2 aromatic carbocycles. The Labute approximate surface area is 169 Å². The van der Waals surface area contributed by atoms with E-state index in [-0.39, 0.29) is 17.4 Å². The minimum Gasteiger partial charge on any atom is -0.417 e. The van der Waals surface area contributed by atoms with E-state index in [1.54, 1.807) is 13.8 Å². The average Bonchev–Trinajstić information content (AvgIpc) is 3.21. The molecule has 0 amide bonds. The Hall–Kier alpha value is -3.58. The number of hydrazone groups is 1. The highest BCUT2D eigenvalue weighted by atomic mass is 16.5. The molecule has 7 nitrogen and oxygen atoms in total. The van der Waals surface area contributed by atoms with Gasteiger partial charge < -0.3 is 9.84 Å². The van der Waals surface area contributed by atoms with Gasteiger partial charge in [-0.05, 0) is 50.7 Å². The number of amidine groups is 1. The molecule has 0 atom stereocenters. The summed E-state index contributed by atoms with van der Waals surface area (Å²) >= 11 is 0. The fourth-order valence-electron chi connectivity index (χ4n) is 2.69. The topological polar surface area (TPSA) is 102 Å². The normalized spacial score (nSPS) is 15.9. The molecule has 0 saturated carbocycles. The third-order valence-corrected chi connectivity index (χ3v) is 4.36. The molecule has 1 aliphatic heterocycles. The summed E-state index contributed by atoms with van der Waals surface area (Å²) < 4.78 is 5.78. The fourth-order valence-corrected chi connectivity index (χ4v) is 2.69. The van der Waals surface area contributed by atoms with Crippen LogP contribution in [0.5, 0.6) is 0 Å². The van der Waals surface area contributed by atoms with Crippen LogP contribution in [0.1, 0.15) is 37.5 Å². The van der Waals surface area contributed by atoms with E-state index < -0.39 is 5.60 Å². The molecule has 1 heterocycles. The summed E-state index contributed by atoms with van der Waals surface area (Å²) in [5.41, 5.74) is 5.16. The Kier molecular flexibility index (Phi) is 5.70. The van der Waals surface area contributed by atoms with E-state index >= 15 is 0 Å². The predicted molar refractivity (Wildman–Crippen MR) is 115 cm³/mol. The first-order valence-corrected chi connectivity index (χ1v) is 9.05. The molecule has 0 unspecified atom stereocenters. The molecule has 0 aliphatic carbocycles. The number of rotatable bonds is 5. The molecular weight excluding hydrogens is 366 g/mol. The number of benzene rings is 2. The van der Waals surface area contributed by atoms with Crippen molar-refractivity contribution < 1.29 is 9.84 Å². The van der Waals surface area contributed by atoms with Crippen LogP contribution in [0.4, 0.5) is 0 Å². The summed E-state index contributed by atoms with van der Waals surface area (Å²) in [5, 5.41) is 22.4. The van der Waals surface area contributed by atoms with E-state index in [1.807, 2.05) is 61.5 Å². The molecule has 0 aromatic heterocycles. The Morgan fingerprint density at radius 3 is 2.38 bits per heavy atom. The Bertz CT molecular complexity index is 1010. The van der Waals surface area contributed by atoms with Gasteiger partial charge in [-0.25, -0.2) is 15.4 Å². The Morgan fingerprint density at radius 2 is 1.79 bits per heavy atom. The van der Waals surface area contributed by atoms with E-state index in [0.29, 0.717) is 11.6 Å². The van der Waals surface area contributed by atoms with Gasteiger partial charge in [0.05, 0.1) is 5.60 Å². The quantitative estimate of drug-likeness (QED) is 0.538. The molecule has 3 N–H and O–H groups in total. The Balaban J connectivity index is 1.91. The smallest absolute Gasteiger partial charge is 0.245 e. The highest BCUT2D eigenvalue weighted by molar-refractivity contribution is 6.06. The zero-order chi connectivity index (χ0) is 21.0. The second-order valence-electron chi connectivity index (χ2n) is 7.01. The van der Waals surface area contributed by atoms with Crippen LogP contribution >= 0.6 is 0 Å². The lowest BCUT2D eigenvalue weighted by atomic mass is 9.96. The van der Waals surface area contributed by atoms with Gasteiger partial charge in [0.15, 0.2) is 11.5 Å². The highest BCUT2D eigenvalue weighted by Gasteiger charge is 2.22. The van der Waals surface area contributed by atoms with Gasteiger partial charge >= 0.3 is 0 Å². The highest BCUT2D eigenvalue weighted by Crippen LogP contribution is 2.21. The summed E-state index contributed by atoms with van der Waals surface area (Å²) in [6, 6.07) is 16.9. The molecule has 0 fully saturated rings. The second kappa shape index (κ2) is 8.20. The minimum atomic E-state index is -0.918. The maximum Gasteiger partial charge on any atom is 0.245 e. The number of hydrogen-bond donors (Lipinski definition) is 3. The van der Waals surface area contributed by atoms with Gasteiger partial charge in [0, 0.05) is 11.3 Å². The first-order valence-electron chi connectivity index (χ1n) is 9.05. The van der Waals surface area contributed by atoms with Gasteiger partial charge in [-0.3, -0.25) is 5.41 Å². The van der Waals surface area contributed by atoms with Crippen LogP contribution in [0.2, 0.25) is 0 Å². The summed E-state index contributed by atoms with van der Waals surface area (Å²) in [5.74, 6) is 0.468. The molecule has 1 aliphatic rings. The molecule has 3 rings (SSSR count). The number of aliphatic hydroxyl groups is 1. The fraction of sp³-hybridized carbons (Fsp3) is 0.182. The second-order valence-corrected chi connectivity index (χ2v) is 7.01. The van der Waals surface area contributed by atoms with E-state index in [9.17, 15) is 5.11 Å². The average molecular weight is 389 g/mol. The van der Waals surface area contributed by atoms with E-state index in [4.69, 9.17) is 10.1 Å². The van der Waals surface area contributed by atoms with Crippen molar-refractivity contribution in [3.8, 4) is 0 Å². The standard InChI is InChI=1S/C22H23N5O2/c1-14(15-10-12-17(13-11-15)22(2,3)28)25-18(19(23)24-4)21-27-26-20(29-21)16-8-6-5-7-9-16/h5-13,23,27-28H,4H2,1-3H3. The van der Waals surface area contributed by atoms with E-state index in [2.05, 4.69) is 27.2 Å². The molecule has 0 radical (unpaired) electrons. The molecule has 148 valence electrons. The van der Waals surface area contributed by atoms with Crippen molar-refractivity contribution in [1.82, 2.24) is 5.43 Å². The third-order valence-electron chi connectivity index (χ3n) is 4.36.